The second-order valence-electron chi connectivity index (χ2n) is 6.76. The van der Waals surface area contributed by atoms with Gasteiger partial charge in [-0.3, -0.25) is 15.0 Å². The molecule has 2 aliphatic rings. The van der Waals surface area contributed by atoms with Crippen LogP contribution in [0.5, 0.6) is 0 Å². The number of hydrogen-bond donors (Lipinski definition) is 1. The Bertz CT molecular complexity index is 871. The van der Waals surface area contributed by atoms with E-state index in [1.165, 1.54) is 12.8 Å². The van der Waals surface area contributed by atoms with Gasteiger partial charge in [-0.25, -0.2) is 0 Å². The molecule has 0 saturated heterocycles. The van der Waals surface area contributed by atoms with Gasteiger partial charge < -0.3 is 8.98 Å². The topological polar surface area (TPSA) is 100.0 Å². The van der Waals surface area contributed by atoms with Crippen molar-refractivity contribution >= 4 is 11.8 Å². The second-order valence-corrected chi connectivity index (χ2v) is 6.76. The number of nitriles is 1. The fourth-order valence-corrected chi connectivity index (χ4v) is 3.23. The molecule has 0 aromatic carbocycles. The van der Waals surface area contributed by atoms with Crippen LogP contribution in [-0.2, 0) is 17.9 Å². The summed E-state index contributed by atoms with van der Waals surface area (Å²) in [6.45, 7) is 6.01. The van der Waals surface area contributed by atoms with Crippen molar-refractivity contribution in [2.45, 2.75) is 45.7 Å². The van der Waals surface area contributed by atoms with Gasteiger partial charge >= 0.3 is 0 Å². The highest BCUT2D eigenvalue weighted by Gasteiger charge is 2.32. The highest BCUT2D eigenvalue weighted by Crippen LogP contribution is 2.39. The number of aryl methyl sites for hydroxylation is 1. The number of furan rings is 1. The molecule has 1 saturated carbocycles. The van der Waals surface area contributed by atoms with Crippen molar-refractivity contribution < 1.29 is 9.21 Å². The Labute approximate surface area is 145 Å². The number of hydrogen-bond acceptors (Lipinski definition) is 6. The number of rotatable bonds is 4. The lowest BCUT2D eigenvalue weighted by Crippen LogP contribution is -2.39. The molecule has 3 heterocycles. The smallest absolute Gasteiger partial charge is 0.240 e. The van der Waals surface area contributed by atoms with Gasteiger partial charge in [0.1, 0.15) is 29.0 Å². The van der Waals surface area contributed by atoms with E-state index >= 15 is 0 Å². The minimum atomic E-state index is -0.194. The van der Waals surface area contributed by atoms with Crippen LogP contribution in [0.4, 0.5) is 5.88 Å². The molecule has 8 heteroatoms. The van der Waals surface area contributed by atoms with E-state index in [9.17, 15) is 10.1 Å². The summed E-state index contributed by atoms with van der Waals surface area (Å²) < 4.78 is 7.68. The van der Waals surface area contributed by atoms with Gasteiger partial charge in [0.15, 0.2) is 0 Å². The SMILES string of the molecule is Cc1oc(NC(=O)CN2CCn3c(nnc3C3CC3)C2)c(C#N)c1C. The lowest BCUT2D eigenvalue weighted by Gasteiger charge is -2.27. The van der Waals surface area contributed by atoms with Crippen molar-refractivity contribution in [3.05, 3.63) is 28.5 Å². The summed E-state index contributed by atoms with van der Waals surface area (Å²) >= 11 is 0. The molecule has 0 spiro atoms. The summed E-state index contributed by atoms with van der Waals surface area (Å²) in [5.41, 5.74) is 1.15. The summed E-state index contributed by atoms with van der Waals surface area (Å²) in [5.74, 6) is 3.28. The van der Waals surface area contributed by atoms with E-state index in [-0.39, 0.29) is 18.3 Å². The van der Waals surface area contributed by atoms with Gasteiger partial charge in [-0.15, -0.1) is 10.2 Å². The van der Waals surface area contributed by atoms with Crippen molar-refractivity contribution in [3.63, 3.8) is 0 Å². The summed E-state index contributed by atoms with van der Waals surface area (Å²) in [6, 6.07) is 2.08. The molecular weight excluding hydrogens is 320 g/mol. The molecule has 2 aromatic rings. The van der Waals surface area contributed by atoms with Crippen LogP contribution >= 0.6 is 0 Å². The quantitative estimate of drug-likeness (QED) is 0.909. The Morgan fingerprint density at radius 2 is 2.16 bits per heavy atom. The minimum Gasteiger partial charge on any atom is -0.444 e. The standard InChI is InChI=1S/C17H20N6O2/c1-10-11(2)25-17(13(10)7-18)19-15(24)9-22-5-6-23-14(8-22)20-21-16(23)12-3-4-12/h12H,3-6,8-9H2,1-2H3,(H,19,24). The molecule has 130 valence electrons. The van der Waals surface area contributed by atoms with Gasteiger partial charge in [0.05, 0.1) is 13.1 Å². The first-order chi connectivity index (χ1) is 12.1. The van der Waals surface area contributed by atoms with E-state index in [1.807, 2.05) is 11.8 Å². The van der Waals surface area contributed by atoms with Crippen molar-refractivity contribution in [1.82, 2.24) is 19.7 Å². The summed E-state index contributed by atoms with van der Waals surface area (Å²) in [7, 11) is 0. The summed E-state index contributed by atoms with van der Waals surface area (Å²) in [4.78, 5) is 14.4. The molecule has 1 amide bonds. The molecule has 0 atom stereocenters. The molecule has 1 fully saturated rings. The molecule has 25 heavy (non-hydrogen) atoms. The largest absolute Gasteiger partial charge is 0.444 e. The van der Waals surface area contributed by atoms with Gasteiger partial charge in [-0.2, -0.15) is 5.26 Å². The highest BCUT2D eigenvalue weighted by molar-refractivity contribution is 5.92. The fourth-order valence-electron chi connectivity index (χ4n) is 3.23. The average molecular weight is 340 g/mol. The van der Waals surface area contributed by atoms with Crippen molar-refractivity contribution in [2.24, 2.45) is 0 Å². The van der Waals surface area contributed by atoms with Gasteiger partial charge in [0.2, 0.25) is 11.8 Å². The third kappa shape index (κ3) is 2.91. The Morgan fingerprint density at radius 3 is 2.88 bits per heavy atom. The van der Waals surface area contributed by atoms with E-state index in [4.69, 9.17) is 4.42 Å². The normalized spacial score (nSPS) is 17.2. The maximum absolute atomic E-state index is 12.3. The number of carbonyl (C=O) groups excluding carboxylic acids is 1. The van der Waals surface area contributed by atoms with E-state index in [2.05, 4.69) is 26.2 Å². The second kappa shape index (κ2) is 6.01. The fraction of sp³-hybridized carbons (Fsp3) is 0.529. The average Bonchev–Trinajstić information content (AvgIpc) is 3.28. The first-order valence-electron chi connectivity index (χ1n) is 8.51. The molecule has 4 rings (SSSR count). The predicted molar refractivity (Wildman–Crippen MR) is 88.8 cm³/mol. The van der Waals surface area contributed by atoms with E-state index in [0.29, 0.717) is 23.8 Å². The molecule has 0 radical (unpaired) electrons. The van der Waals surface area contributed by atoms with Crippen molar-refractivity contribution in [3.8, 4) is 6.07 Å². The molecule has 1 aliphatic heterocycles. The van der Waals surface area contributed by atoms with Crippen LogP contribution in [-0.4, -0.2) is 38.7 Å². The van der Waals surface area contributed by atoms with E-state index in [0.717, 1.165) is 30.3 Å². The van der Waals surface area contributed by atoms with E-state index in [1.54, 1.807) is 6.92 Å². The van der Waals surface area contributed by atoms with Crippen molar-refractivity contribution in [1.29, 1.82) is 5.26 Å². The number of amides is 1. The third-order valence-electron chi connectivity index (χ3n) is 4.92. The molecule has 1 N–H and O–H groups in total. The summed E-state index contributed by atoms with van der Waals surface area (Å²) in [6.07, 6.45) is 2.40. The highest BCUT2D eigenvalue weighted by atomic mass is 16.4. The molecule has 0 bridgehead atoms. The van der Waals surface area contributed by atoms with Gasteiger partial charge in [0.25, 0.3) is 0 Å². The monoisotopic (exact) mass is 340 g/mol. The van der Waals surface area contributed by atoms with Crippen molar-refractivity contribution in [2.75, 3.05) is 18.4 Å². The van der Waals surface area contributed by atoms with Gasteiger partial charge in [-0.1, -0.05) is 0 Å². The number of fused-ring (bicyclic) bond motifs is 1. The van der Waals surface area contributed by atoms with Crippen LogP contribution in [0.25, 0.3) is 0 Å². The van der Waals surface area contributed by atoms with Gasteiger partial charge in [-0.05, 0) is 26.7 Å². The number of nitrogens with one attached hydrogen (secondary N) is 1. The van der Waals surface area contributed by atoms with Gasteiger partial charge in [0, 0.05) is 24.6 Å². The maximum atomic E-state index is 12.3. The maximum Gasteiger partial charge on any atom is 0.240 e. The Balaban J connectivity index is 1.40. The molecule has 8 nitrogen and oxygen atoms in total. The number of carbonyl (C=O) groups is 1. The van der Waals surface area contributed by atoms with Crippen LogP contribution in [0, 0.1) is 25.2 Å². The van der Waals surface area contributed by atoms with Crippen LogP contribution in [0.1, 0.15) is 47.3 Å². The first kappa shape index (κ1) is 15.8. The zero-order valence-electron chi connectivity index (χ0n) is 14.4. The van der Waals surface area contributed by atoms with Crippen LogP contribution in [0.15, 0.2) is 4.42 Å². The number of nitrogens with zero attached hydrogens (tertiary/aromatic N) is 5. The van der Waals surface area contributed by atoms with Crippen LogP contribution in [0.2, 0.25) is 0 Å². The first-order valence-corrected chi connectivity index (χ1v) is 8.51. The molecule has 0 unspecified atom stereocenters. The number of anilines is 1. The Hall–Kier alpha value is -2.66. The third-order valence-corrected chi connectivity index (χ3v) is 4.92. The zero-order valence-corrected chi connectivity index (χ0v) is 14.4. The predicted octanol–water partition coefficient (Wildman–Crippen LogP) is 1.69. The minimum absolute atomic E-state index is 0.194. The lowest BCUT2D eigenvalue weighted by atomic mass is 10.2. The van der Waals surface area contributed by atoms with Crippen LogP contribution < -0.4 is 5.32 Å². The molecular formula is C17H20N6O2. The molecule has 1 aliphatic carbocycles. The Morgan fingerprint density at radius 1 is 1.36 bits per heavy atom. The zero-order chi connectivity index (χ0) is 17.6. The Kier molecular flexibility index (Phi) is 3.81. The molecule has 2 aromatic heterocycles. The summed E-state index contributed by atoms with van der Waals surface area (Å²) in [5, 5.41) is 20.5. The van der Waals surface area contributed by atoms with Crippen LogP contribution in [0.3, 0.4) is 0 Å². The number of aromatic nitrogens is 3. The lowest BCUT2D eigenvalue weighted by molar-refractivity contribution is -0.117. The van der Waals surface area contributed by atoms with E-state index < -0.39 is 0 Å².